The van der Waals surface area contributed by atoms with E-state index in [2.05, 4.69) is 5.32 Å². The fourth-order valence-electron chi connectivity index (χ4n) is 2.74. The first-order chi connectivity index (χ1) is 12.4. The van der Waals surface area contributed by atoms with Crippen LogP contribution in [-0.4, -0.2) is 36.4 Å². The highest BCUT2D eigenvalue weighted by atomic mass is 16.5. The van der Waals surface area contributed by atoms with Crippen LogP contribution in [0.3, 0.4) is 0 Å². The molecule has 0 aliphatic heterocycles. The molecule has 0 unspecified atom stereocenters. The Balaban J connectivity index is 2.15. The topological polar surface area (TPSA) is 58.6 Å². The van der Waals surface area contributed by atoms with E-state index < -0.39 is 6.04 Å². The van der Waals surface area contributed by atoms with Crippen molar-refractivity contribution in [1.29, 1.82) is 0 Å². The molecular weight excluding hydrogens is 328 g/mol. The van der Waals surface area contributed by atoms with Crippen molar-refractivity contribution in [1.82, 2.24) is 10.2 Å². The minimum absolute atomic E-state index is 0.113. The minimum atomic E-state index is -0.589. The highest BCUT2D eigenvalue weighted by molar-refractivity contribution is 5.87. The first-order valence-corrected chi connectivity index (χ1v) is 8.67. The normalized spacial score (nSPS) is 11.5. The molecule has 5 nitrogen and oxygen atoms in total. The van der Waals surface area contributed by atoms with Crippen LogP contribution in [0, 0.1) is 13.8 Å². The lowest BCUT2D eigenvalue weighted by Crippen LogP contribution is -2.48. The molecule has 0 spiro atoms. The Hall–Kier alpha value is -2.82. The quantitative estimate of drug-likeness (QED) is 0.832. The number of aryl methyl sites for hydroxylation is 2. The second-order valence-corrected chi connectivity index (χ2v) is 6.36. The smallest absolute Gasteiger partial charge is 0.261 e. The van der Waals surface area contributed by atoms with E-state index >= 15 is 0 Å². The Morgan fingerprint density at radius 1 is 1.12 bits per heavy atom. The van der Waals surface area contributed by atoms with Crippen LogP contribution in [0.5, 0.6) is 5.75 Å². The molecule has 0 aromatic heterocycles. The monoisotopic (exact) mass is 354 g/mol. The lowest BCUT2D eigenvalue weighted by molar-refractivity contribution is -0.142. The number of amides is 2. The van der Waals surface area contributed by atoms with Gasteiger partial charge in [-0.1, -0.05) is 48.0 Å². The van der Waals surface area contributed by atoms with Gasteiger partial charge in [0.2, 0.25) is 5.91 Å². The fraction of sp³-hybridized carbons (Fsp3) is 0.333. The van der Waals surface area contributed by atoms with Crippen LogP contribution in [-0.2, 0) is 16.1 Å². The predicted molar refractivity (Wildman–Crippen MR) is 102 cm³/mol. The maximum atomic E-state index is 12.8. The van der Waals surface area contributed by atoms with E-state index in [4.69, 9.17) is 4.74 Å². The second kappa shape index (κ2) is 9.04. The lowest BCUT2D eigenvalue weighted by Gasteiger charge is -2.28. The summed E-state index contributed by atoms with van der Waals surface area (Å²) in [5.74, 6) is 0.233. The molecule has 1 N–H and O–H groups in total. The van der Waals surface area contributed by atoms with Crippen molar-refractivity contribution < 1.29 is 14.3 Å². The molecule has 2 amide bonds. The summed E-state index contributed by atoms with van der Waals surface area (Å²) in [4.78, 5) is 26.4. The number of benzene rings is 2. The van der Waals surface area contributed by atoms with Crippen molar-refractivity contribution in [2.24, 2.45) is 0 Å². The van der Waals surface area contributed by atoms with Gasteiger partial charge in [0.15, 0.2) is 6.61 Å². The third-order valence-electron chi connectivity index (χ3n) is 4.29. The van der Waals surface area contributed by atoms with Crippen LogP contribution in [0.4, 0.5) is 0 Å². The number of nitrogens with zero attached hydrogens (tertiary/aromatic N) is 1. The van der Waals surface area contributed by atoms with Crippen molar-refractivity contribution in [3.63, 3.8) is 0 Å². The van der Waals surface area contributed by atoms with E-state index in [9.17, 15) is 9.59 Å². The average molecular weight is 354 g/mol. The largest absolute Gasteiger partial charge is 0.484 e. The first-order valence-electron chi connectivity index (χ1n) is 8.67. The van der Waals surface area contributed by atoms with Gasteiger partial charge in [0.1, 0.15) is 11.8 Å². The zero-order valence-corrected chi connectivity index (χ0v) is 15.8. The highest BCUT2D eigenvalue weighted by Crippen LogP contribution is 2.17. The number of hydrogen-bond acceptors (Lipinski definition) is 3. The maximum Gasteiger partial charge on any atom is 0.261 e. The van der Waals surface area contributed by atoms with E-state index in [-0.39, 0.29) is 18.4 Å². The predicted octanol–water partition coefficient (Wildman–Crippen LogP) is 2.85. The summed E-state index contributed by atoms with van der Waals surface area (Å²) in [6.45, 7) is 5.89. The highest BCUT2D eigenvalue weighted by Gasteiger charge is 2.25. The number of rotatable bonds is 7. The summed E-state index contributed by atoms with van der Waals surface area (Å²) in [6.07, 6.45) is 0. The van der Waals surface area contributed by atoms with Gasteiger partial charge in [0.05, 0.1) is 0 Å². The van der Waals surface area contributed by atoms with Gasteiger partial charge in [-0.25, -0.2) is 0 Å². The number of carbonyl (C=O) groups is 2. The summed E-state index contributed by atoms with van der Waals surface area (Å²) >= 11 is 0. The van der Waals surface area contributed by atoms with Crippen LogP contribution in [0.1, 0.15) is 23.6 Å². The SMILES string of the molecule is CNC(=O)[C@H](C)N(Cc1cccc(C)c1)C(=O)COc1ccccc1C. The number of carbonyl (C=O) groups excluding carboxylic acids is 2. The van der Waals surface area contributed by atoms with Gasteiger partial charge in [-0.05, 0) is 38.0 Å². The van der Waals surface area contributed by atoms with Crippen LogP contribution in [0.25, 0.3) is 0 Å². The molecule has 138 valence electrons. The van der Waals surface area contributed by atoms with E-state index in [0.717, 1.165) is 16.7 Å². The van der Waals surface area contributed by atoms with E-state index in [1.54, 1.807) is 18.9 Å². The van der Waals surface area contributed by atoms with Crippen molar-refractivity contribution in [3.8, 4) is 5.75 Å². The molecule has 0 fully saturated rings. The van der Waals surface area contributed by atoms with Gasteiger partial charge in [-0.2, -0.15) is 0 Å². The average Bonchev–Trinajstić information content (AvgIpc) is 2.64. The van der Waals surface area contributed by atoms with Gasteiger partial charge in [-0.15, -0.1) is 0 Å². The Kier molecular flexibility index (Phi) is 6.78. The molecule has 0 bridgehead atoms. The number of nitrogens with one attached hydrogen (secondary N) is 1. The third-order valence-corrected chi connectivity index (χ3v) is 4.29. The Morgan fingerprint density at radius 3 is 2.50 bits per heavy atom. The van der Waals surface area contributed by atoms with E-state index in [1.165, 1.54) is 0 Å². The number of hydrogen-bond donors (Lipinski definition) is 1. The van der Waals surface area contributed by atoms with E-state index in [0.29, 0.717) is 12.3 Å². The van der Waals surface area contributed by atoms with Gasteiger partial charge in [0.25, 0.3) is 5.91 Å². The molecule has 0 saturated heterocycles. The van der Waals surface area contributed by atoms with Gasteiger partial charge < -0.3 is 15.0 Å². The molecule has 0 heterocycles. The molecule has 0 saturated carbocycles. The molecule has 2 rings (SSSR count). The van der Waals surface area contributed by atoms with Gasteiger partial charge in [0, 0.05) is 13.6 Å². The number of likely N-dealkylation sites (N-methyl/N-ethyl adjacent to an activating group) is 1. The number of para-hydroxylation sites is 1. The summed E-state index contributed by atoms with van der Waals surface area (Å²) in [5.41, 5.74) is 3.05. The molecule has 0 aliphatic carbocycles. The Bertz CT molecular complexity index is 773. The fourth-order valence-corrected chi connectivity index (χ4v) is 2.74. The van der Waals surface area contributed by atoms with Crippen molar-refractivity contribution in [3.05, 3.63) is 65.2 Å². The van der Waals surface area contributed by atoms with Crippen molar-refractivity contribution in [2.75, 3.05) is 13.7 Å². The molecule has 2 aromatic rings. The summed E-state index contributed by atoms with van der Waals surface area (Å²) in [7, 11) is 1.57. The second-order valence-electron chi connectivity index (χ2n) is 6.36. The van der Waals surface area contributed by atoms with Crippen LogP contribution >= 0.6 is 0 Å². The molecular formula is C21H26N2O3. The first kappa shape index (κ1) is 19.5. The van der Waals surface area contributed by atoms with Crippen molar-refractivity contribution in [2.45, 2.75) is 33.4 Å². The molecule has 0 aliphatic rings. The summed E-state index contributed by atoms with van der Waals surface area (Å²) in [6, 6.07) is 14.9. The molecule has 0 radical (unpaired) electrons. The lowest BCUT2D eigenvalue weighted by atomic mass is 10.1. The van der Waals surface area contributed by atoms with Crippen LogP contribution in [0.15, 0.2) is 48.5 Å². The summed E-state index contributed by atoms with van der Waals surface area (Å²) < 4.78 is 5.68. The Morgan fingerprint density at radius 2 is 1.85 bits per heavy atom. The van der Waals surface area contributed by atoms with Gasteiger partial charge in [-0.3, -0.25) is 9.59 Å². The zero-order chi connectivity index (χ0) is 19.1. The maximum absolute atomic E-state index is 12.8. The van der Waals surface area contributed by atoms with E-state index in [1.807, 2.05) is 62.4 Å². The molecule has 2 aromatic carbocycles. The van der Waals surface area contributed by atoms with Crippen LogP contribution < -0.4 is 10.1 Å². The Labute approximate surface area is 155 Å². The molecule has 1 atom stereocenters. The summed E-state index contributed by atoms with van der Waals surface area (Å²) in [5, 5.41) is 2.61. The van der Waals surface area contributed by atoms with Crippen LogP contribution in [0.2, 0.25) is 0 Å². The third kappa shape index (κ3) is 5.09. The zero-order valence-electron chi connectivity index (χ0n) is 15.8. The standard InChI is InChI=1S/C21H26N2O3/c1-15-8-7-10-18(12-15)13-23(17(3)21(25)22-4)20(24)14-26-19-11-6-5-9-16(19)2/h5-12,17H,13-14H2,1-4H3,(H,22,25)/t17-/m0/s1. The van der Waals surface area contributed by atoms with Gasteiger partial charge >= 0.3 is 0 Å². The minimum Gasteiger partial charge on any atom is -0.484 e. The molecule has 5 heteroatoms. The molecule has 26 heavy (non-hydrogen) atoms. The van der Waals surface area contributed by atoms with Crippen molar-refractivity contribution >= 4 is 11.8 Å². The number of ether oxygens (including phenoxy) is 1.